The number of rotatable bonds is 0. The third kappa shape index (κ3) is 0.484. The van der Waals surface area contributed by atoms with Crippen LogP contribution in [0.15, 0.2) is 22.8 Å². The normalized spacial score (nSPS) is 13.6. The quantitative estimate of drug-likeness (QED) is 0.451. The van der Waals surface area contributed by atoms with Gasteiger partial charge in [-0.05, 0) is 10.8 Å². The highest BCUT2D eigenvalue weighted by atomic mass is 32.1. The molecule has 0 aromatic carbocycles. The molecule has 0 saturated carbocycles. The lowest BCUT2D eigenvalue weighted by atomic mass is 10.7. The Kier molecular flexibility index (Phi) is 0.350. The van der Waals surface area contributed by atoms with E-state index in [0.29, 0.717) is 12.1 Å². The van der Waals surface area contributed by atoms with Crippen LogP contribution in [0.4, 0.5) is 0 Å². The molecule has 0 N–H and O–H groups in total. The molecule has 0 aliphatic rings. The van der Waals surface area contributed by atoms with Crippen molar-refractivity contribution in [1.29, 1.82) is 0 Å². The highest BCUT2D eigenvalue weighted by Gasteiger charge is 1.58. The first-order valence-corrected chi connectivity index (χ1v) is 2.24. The van der Waals surface area contributed by atoms with Crippen LogP contribution in [0.25, 0.3) is 0 Å². The van der Waals surface area contributed by atoms with Gasteiger partial charge >= 0.3 is 0 Å². The minimum absolute atomic E-state index is 0.324. The van der Waals surface area contributed by atoms with Gasteiger partial charge in [-0.2, -0.15) is 11.3 Å². The van der Waals surface area contributed by atoms with E-state index >= 15 is 0 Å². The van der Waals surface area contributed by atoms with Crippen molar-refractivity contribution in [3.63, 3.8) is 0 Å². The van der Waals surface area contributed by atoms with Crippen LogP contribution in [0.2, 0.25) is 0 Å². The van der Waals surface area contributed by atoms with E-state index in [1.165, 1.54) is 11.3 Å². The average Bonchev–Trinajstić information content (AvgIpc) is 1.91. The van der Waals surface area contributed by atoms with Crippen LogP contribution in [0.5, 0.6) is 0 Å². The molecular formula is C4H4S. The maximum Gasteiger partial charge on any atom is 0.0631 e. The fraction of sp³-hybridized carbons (Fsp3) is 0. The van der Waals surface area contributed by atoms with E-state index in [9.17, 15) is 0 Å². The molecule has 0 bridgehead atoms. The number of hydrogen-bond donors (Lipinski definition) is 0. The zero-order valence-electron chi connectivity index (χ0n) is 4.56. The Morgan fingerprint density at radius 1 is 1.40 bits per heavy atom. The Hall–Kier alpha value is -0.300. The van der Waals surface area contributed by atoms with Crippen molar-refractivity contribution >= 4 is 11.3 Å². The third-order valence-corrected chi connectivity index (χ3v) is 0.845. The summed E-state index contributed by atoms with van der Waals surface area (Å²) in [5.41, 5.74) is 0. The predicted octanol–water partition coefficient (Wildman–Crippen LogP) is 1.75. The molecule has 1 heteroatoms. The van der Waals surface area contributed by atoms with Crippen LogP contribution in [-0.2, 0) is 0 Å². The van der Waals surface area contributed by atoms with Gasteiger partial charge in [-0.3, -0.25) is 0 Å². The second-order valence-electron chi connectivity index (χ2n) is 0.660. The van der Waals surface area contributed by atoms with Crippen molar-refractivity contribution in [2.24, 2.45) is 0 Å². The Morgan fingerprint density at radius 2 is 2.00 bits per heavy atom. The lowest BCUT2D eigenvalue weighted by molar-refractivity contribution is 2.03. The Morgan fingerprint density at radius 3 is 2.20 bits per heavy atom. The molecule has 1 rings (SSSR count). The van der Waals surface area contributed by atoms with Gasteiger partial charge in [0.2, 0.25) is 0 Å². The average molecular weight is 86.2 g/mol. The van der Waals surface area contributed by atoms with Gasteiger partial charge in [0.15, 0.2) is 0 Å². The monoisotopic (exact) mass is 86.0 g/mol. The van der Waals surface area contributed by atoms with Crippen molar-refractivity contribution in [1.82, 2.24) is 0 Å². The van der Waals surface area contributed by atoms with Gasteiger partial charge in [0, 0.05) is 0 Å². The van der Waals surface area contributed by atoms with Crippen molar-refractivity contribution in [3.8, 4) is 0 Å². The molecule has 0 saturated heterocycles. The fourth-order valence-corrected chi connectivity index (χ4v) is 0.510. The second kappa shape index (κ2) is 1.22. The predicted molar refractivity (Wildman–Crippen MR) is 24.3 cm³/mol. The summed E-state index contributed by atoms with van der Waals surface area (Å²) in [6.45, 7) is 0. The third-order valence-electron chi connectivity index (χ3n) is 0.337. The lowest BCUT2D eigenvalue weighted by Crippen LogP contribution is -1.16. The molecule has 5 heavy (non-hydrogen) atoms. The molecule has 0 nitrogen and oxygen atoms in total. The number of thiophene rings is 1. The second-order valence-corrected chi connectivity index (χ2v) is 1.40. The summed E-state index contributed by atoms with van der Waals surface area (Å²) in [5.74, 6) is 0. The van der Waals surface area contributed by atoms with E-state index in [1.807, 2.05) is 0 Å². The van der Waals surface area contributed by atoms with Crippen molar-refractivity contribution in [3.05, 3.63) is 22.8 Å². The van der Waals surface area contributed by atoms with Crippen LogP contribution in [0.3, 0.4) is 0 Å². The van der Waals surface area contributed by atoms with E-state index in [2.05, 4.69) is 0 Å². The van der Waals surface area contributed by atoms with Crippen LogP contribution in [0, 0.1) is 0 Å². The summed E-state index contributed by atoms with van der Waals surface area (Å²) in [6, 6.07) is 0.648. The zero-order chi connectivity index (χ0) is 5.28. The summed E-state index contributed by atoms with van der Waals surface area (Å²) in [7, 11) is 0. The van der Waals surface area contributed by atoms with Gasteiger partial charge in [0.1, 0.15) is 0 Å². The smallest absolute Gasteiger partial charge is 0.0631 e. The molecule has 0 spiro atoms. The minimum Gasteiger partial charge on any atom is -0.152 e. The molecule has 1 aromatic heterocycles. The lowest BCUT2D eigenvalue weighted by Gasteiger charge is -1.39. The van der Waals surface area contributed by atoms with Gasteiger partial charge < -0.3 is 0 Å². The largest absolute Gasteiger partial charge is 0.152 e. The van der Waals surface area contributed by atoms with Gasteiger partial charge in [-0.25, -0.2) is 0 Å². The van der Waals surface area contributed by atoms with Crippen molar-refractivity contribution in [2.45, 2.75) is 0 Å². The van der Waals surface area contributed by atoms with Crippen molar-refractivity contribution < 1.29 is 2.74 Å². The van der Waals surface area contributed by atoms with Gasteiger partial charge in [-0.15, -0.1) is 0 Å². The van der Waals surface area contributed by atoms with Crippen LogP contribution in [-0.4, -0.2) is 0 Å². The van der Waals surface area contributed by atoms with Crippen molar-refractivity contribution in [2.75, 3.05) is 0 Å². The van der Waals surface area contributed by atoms with Gasteiger partial charge in [0.25, 0.3) is 0 Å². The molecule has 0 amide bonds. The van der Waals surface area contributed by atoms with E-state index in [1.54, 1.807) is 10.8 Å². The molecule has 0 unspecified atom stereocenters. The summed E-state index contributed by atoms with van der Waals surface area (Å²) in [6.07, 6.45) is 0. The van der Waals surface area contributed by atoms with E-state index in [-0.39, 0.29) is 0 Å². The Balaban J connectivity index is 3.12. The molecule has 0 fully saturated rings. The first-order chi connectivity index (χ1) is 3.30. The molecule has 0 aliphatic carbocycles. The zero-order valence-corrected chi connectivity index (χ0v) is 3.38. The Labute approximate surface area is 37.9 Å². The number of hydrogen-bond acceptors (Lipinski definition) is 1. The molecular weight excluding hydrogens is 80.1 g/mol. The summed E-state index contributed by atoms with van der Waals surface area (Å²) < 4.78 is 13.8. The van der Waals surface area contributed by atoms with E-state index in [0.717, 1.165) is 0 Å². The first-order valence-electron chi connectivity index (χ1n) is 2.30. The highest BCUT2D eigenvalue weighted by molar-refractivity contribution is 7.07. The summed E-state index contributed by atoms with van der Waals surface area (Å²) >= 11 is 1.39. The Bertz CT molecular complexity index is 142. The maximum atomic E-state index is 6.92. The molecule has 0 atom stereocenters. The van der Waals surface area contributed by atoms with Crippen LogP contribution < -0.4 is 0 Å². The van der Waals surface area contributed by atoms with Crippen LogP contribution >= 0.6 is 11.3 Å². The molecule has 1 heterocycles. The minimum atomic E-state index is 0.324. The van der Waals surface area contributed by atoms with E-state index < -0.39 is 0 Å². The molecule has 0 radical (unpaired) electrons. The molecule has 0 aliphatic heterocycles. The van der Waals surface area contributed by atoms with Gasteiger partial charge in [0.05, 0.1) is 2.74 Å². The SMILES string of the molecule is [2H]c1cscc1[2H]. The summed E-state index contributed by atoms with van der Waals surface area (Å²) in [4.78, 5) is 0. The first kappa shape index (κ1) is 1.43. The highest BCUT2D eigenvalue weighted by Crippen LogP contribution is 1.91. The topological polar surface area (TPSA) is 0 Å². The molecule has 26 valence electrons. The van der Waals surface area contributed by atoms with Gasteiger partial charge in [-0.1, -0.05) is 12.1 Å². The van der Waals surface area contributed by atoms with E-state index in [4.69, 9.17) is 2.74 Å². The molecule has 1 aromatic rings. The maximum absolute atomic E-state index is 6.92. The van der Waals surface area contributed by atoms with Crippen LogP contribution in [0.1, 0.15) is 2.74 Å². The summed E-state index contributed by atoms with van der Waals surface area (Å²) in [5, 5.41) is 3.28. The standard InChI is InChI=1S/C4H4S/c1-2-4-5-3-1/h1-4H/i1D,2D. The fourth-order valence-electron chi connectivity index (χ4n) is 0.170.